The predicted octanol–water partition coefficient (Wildman–Crippen LogP) is 2.22. The number of aliphatic carboxylic acids is 1. The van der Waals surface area contributed by atoms with Gasteiger partial charge in [-0.1, -0.05) is 19.1 Å². The zero-order valence-corrected chi connectivity index (χ0v) is 17.9. The number of carboxylic acids is 1. The number of nitrogens with two attached hydrogens (primary N) is 1. The molecule has 0 saturated carbocycles. The van der Waals surface area contributed by atoms with Gasteiger partial charge in [-0.25, -0.2) is 0 Å². The highest BCUT2D eigenvalue weighted by atomic mass is 16.4. The van der Waals surface area contributed by atoms with Crippen LogP contribution in [0, 0.1) is 16.7 Å². The average Bonchev–Trinajstić information content (AvgIpc) is 2.71. The number of nitrogen functional groups attached to an aromatic ring is 1. The van der Waals surface area contributed by atoms with E-state index < -0.39 is 11.4 Å². The van der Waals surface area contributed by atoms with E-state index in [0.29, 0.717) is 43.5 Å². The van der Waals surface area contributed by atoms with Crippen molar-refractivity contribution in [2.24, 2.45) is 17.1 Å². The molecule has 1 fully saturated rings. The van der Waals surface area contributed by atoms with Crippen LogP contribution in [0.2, 0.25) is 0 Å². The van der Waals surface area contributed by atoms with Crippen molar-refractivity contribution in [2.75, 3.05) is 13.1 Å². The standard InChI is InChI=1S/C22H32N4O4/c1-4-17(25-20(29)16-7-5-15(6-8-16)19(23)24)22(2,3)21(30)26-11-9-14(10-12-26)13-18(27)28/h5-8,14,17H,4,9-13H2,1-3H3,(H3,23,24)(H,25,29)(H,27,28)/t17-/m1/s1. The number of benzene rings is 1. The summed E-state index contributed by atoms with van der Waals surface area (Å²) in [6.45, 7) is 6.68. The fourth-order valence-electron chi connectivity index (χ4n) is 3.98. The molecule has 0 aliphatic carbocycles. The highest BCUT2D eigenvalue weighted by Gasteiger charge is 2.40. The monoisotopic (exact) mass is 416 g/mol. The summed E-state index contributed by atoms with van der Waals surface area (Å²) in [5, 5.41) is 19.4. The summed E-state index contributed by atoms with van der Waals surface area (Å²) in [6.07, 6.45) is 2.09. The SMILES string of the molecule is CC[C@@H](NC(=O)c1ccc(C(=N)N)cc1)C(C)(C)C(=O)N1CCC(CC(=O)O)CC1. The minimum Gasteiger partial charge on any atom is -0.481 e. The number of carbonyl (C=O) groups excluding carboxylic acids is 2. The summed E-state index contributed by atoms with van der Waals surface area (Å²) in [7, 11) is 0. The first kappa shape index (κ1) is 23.4. The Labute approximate surface area is 177 Å². The molecule has 0 aromatic heterocycles. The van der Waals surface area contributed by atoms with Gasteiger partial charge in [0.25, 0.3) is 5.91 Å². The molecule has 1 heterocycles. The third-order valence-corrected chi connectivity index (χ3v) is 5.96. The fourth-order valence-corrected chi connectivity index (χ4v) is 3.98. The van der Waals surface area contributed by atoms with Gasteiger partial charge in [-0.2, -0.15) is 0 Å². The van der Waals surface area contributed by atoms with Gasteiger partial charge in [0.2, 0.25) is 5.91 Å². The maximum Gasteiger partial charge on any atom is 0.303 e. The maximum atomic E-state index is 13.2. The van der Waals surface area contributed by atoms with Gasteiger partial charge in [-0.3, -0.25) is 19.8 Å². The van der Waals surface area contributed by atoms with Crippen LogP contribution in [0.4, 0.5) is 0 Å². The van der Waals surface area contributed by atoms with Crippen molar-refractivity contribution in [3.05, 3.63) is 35.4 Å². The first-order valence-electron chi connectivity index (χ1n) is 10.3. The molecule has 8 nitrogen and oxygen atoms in total. The van der Waals surface area contributed by atoms with E-state index in [1.165, 1.54) is 0 Å². The van der Waals surface area contributed by atoms with Crippen molar-refractivity contribution >= 4 is 23.6 Å². The van der Waals surface area contributed by atoms with Gasteiger partial charge in [-0.05, 0) is 51.2 Å². The molecule has 164 valence electrons. The lowest BCUT2D eigenvalue weighted by Gasteiger charge is -2.40. The summed E-state index contributed by atoms with van der Waals surface area (Å²) < 4.78 is 0. The van der Waals surface area contributed by atoms with E-state index >= 15 is 0 Å². The number of hydrogen-bond donors (Lipinski definition) is 4. The Hall–Kier alpha value is -2.90. The van der Waals surface area contributed by atoms with Crippen molar-refractivity contribution in [3.63, 3.8) is 0 Å². The summed E-state index contributed by atoms with van der Waals surface area (Å²) >= 11 is 0. The summed E-state index contributed by atoms with van der Waals surface area (Å²) in [5.74, 6) is -1.07. The molecule has 1 aliphatic heterocycles. The number of hydrogen-bond acceptors (Lipinski definition) is 4. The zero-order chi connectivity index (χ0) is 22.5. The van der Waals surface area contributed by atoms with E-state index in [-0.39, 0.29) is 36.0 Å². The molecule has 2 amide bonds. The smallest absolute Gasteiger partial charge is 0.303 e. The van der Waals surface area contributed by atoms with Crippen LogP contribution in [0.3, 0.4) is 0 Å². The van der Waals surface area contributed by atoms with Crippen LogP contribution in [0.5, 0.6) is 0 Å². The Bertz CT molecular complexity index is 796. The van der Waals surface area contributed by atoms with Crippen molar-refractivity contribution in [2.45, 2.75) is 52.5 Å². The molecule has 1 saturated heterocycles. The molecule has 1 aromatic rings. The molecule has 0 bridgehead atoms. The Morgan fingerprint density at radius 1 is 1.20 bits per heavy atom. The van der Waals surface area contributed by atoms with Crippen LogP contribution in [0.15, 0.2) is 24.3 Å². The molecule has 1 atom stereocenters. The normalized spacial score (nSPS) is 16.0. The number of carboxylic acid groups (broad SMARTS) is 1. The zero-order valence-electron chi connectivity index (χ0n) is 17.9. The van der Waals surface area contributed by atoms with E-state index in [1.807, 2.05) is 20.8 Å². The average molecular weight is 417 g/mol. The summed E-state index contributed by atoms with van der Waals surface area (Å²) in [4.78, 5) is 38.6. The van der Waals surface area contributed by atoms with E-state index in [4.69, 9.17) is 16.2 Å². The molecule has 0 spiro atoms. The number of nitrogens with zero attached hydrogens (tertiary/aromatic N) is 1. The Morgan fingerprint density at radius 3 is 2.20 bits per heavy atom. The van der Waals surface area contributed by atoms with E-state index in [1.54, 1.807) is 29.2 Å². The first-order valence-corrected chi connectivity index (χ1v) is 10.3. The highest BCUT2D eigenvalue weighted by Crippen LogP contribution is 2.30. The molecular formula is C22H32N4O4. The maximum absolute atomic E-state index is 13.2. The lowest BCUT2D eigenvalue weighted by atomic mass is 9.80. The minimum absolute atomic E-state index is 0.0321. The van der Waals surface area contributed by atoms with E-state index in [9.17, 15) is 14.4 Å². The quantitative estimate of drug-likeness (QED) is 0.380. The second-order valence-corrected chi connectivity index (χ2v) is 8.48. The van der Waals surface area contributed by atoms with Crippen molar-refractivity contribution in [1.82, 2.24) is 10.2 Å². The van der Waals surface area contributed by atoms with Gasteiger partial charge in [0, 0.05) is 36.7 Å². The summed E-state index contributed by atoms with van der Waals surface area (Å²) in [5.41, 5.74) is 5.63. The second kappa shape index (κ2) is 9.73. The minimum atomic E-state index is -0.802. The van der Waals surface area contributed by atoms with Crippen molar-refractivity contribution in [3.8, 4) is 0 Å². The van der Waals surface area contributed by atoms with Gasteiger partial charge >= 0.3 is 5.97 Å². The van der Waals surface area contributed by atoms with Gasteiger partial charge in [0.05, 0.1) is 5.41 Å². The van der Waals surface area contributed by atoms with Crippen LogP contribution in [-0.2, 0) is 9.59 Å². The number of rotatable bonds is 8. The fraction of sp³-hybridized carbons (Fsp3) is 0.545. The van der Waals surface area contributed by atoms with E-state index in [2.05, 4.69) is 5.32 Å². The number of nitrogens with one attached hydrogen (secondary N) is 2. The molecule has 1 aliphatic rings. The molecule has 8 heteroatoms. The molecule has 1 aromatic carbocycles. The highest BCUT2D eigenvalue weighted by molar-refractivity contribution is 5.98. The number of amidine groups is 1. The van der Waals surface area contributed by atoms with Gasteiger partial charge in [0.15, 0.2) is 0 Å². The number of piperidine rings is 1. The van der Waals surface area contributed by atoms with Crippen molar-refractivity contribution in [1.29, 1.82) is 5.41 Å². The van der Waals surface area contributed by atoms with Gasteiger partial charge in [0.1, 0.15) is 5.84 Å². The van der Waals surface area contributed by atoms with Gasteiger partial charge < -0.3 is 21.1 Å². The van der Waals surface area contributed by atoms with Crippen LogP contribution < -0.4 is 11.1 Å². The largest absolute Gasteiger partial charge is 0.481 e. The van der Waals surface area contributed by atoms with Crippen LogP contribution in [0.1, 0.15) is 62.4 Å². The number of likely N-dealkylation sites (tertiary alicyclic amines) is 1. The van der Waals surface area contributed by atoms with E-state index in [0.717, 1.165) is 0 Å². The van der Waals surface area contributed by atoms with Gasteiger partial charge in [-0.15, -0.1) is 0 Å². The summed E-state index contributed by atoms with van der Waals surface area (Å²) in [6, 6.07) is 6.11. The molecular weight excluding hydrogens is 384 g/mol. The third kappa shape index (κ3) is 5.58. The molecule has 0 unspecified atom stereocenters. The van der Waals surface area contributed by atoms with Crippen LogP contribution >= 0.6 is 0 Å². The lowest BCUT2D eigenvalue weighted by Crippen LogP contribution is -2.54. The predicted molar refractivity (Wildman–Crippen MR) is 114 cm³/mol. The molecule has 0 radical (unpaired) electrons. The topological polar surface area (TPSA) is 137 Å². The Morgan fingerprint density at radius 2 is 1.73 bits per heavy atom. The third-order valence-electron chi connectivity index (χ3n) is 5.96. The molecule has 2 rings (SSSR count). The molecule has 30 heavy (non-hydrogen) atoms. The van der Waals surface area contributed by atoms with Crippen LogP contribution in [-0.4, -0.2) is 52.8 Å². The van der Waals surface area contributed by atoms with Crippen LogP contribution in [0.25, 0.3) is 0 Å². The number of amides is 2. The van der Waals surface area contributed by atoms with Crippen molar-refractivity contribution < 1.29 is 19.5 Å². The lowest BCUT2D eigenvalue weighted by molar-refractivity contribution is -0.143. The second-order valence-electron chi connectivity index (χ2n) is 8.48. The first-order chi connectivity index (χ1) is 14.1. The Kier molecular flexibility index (Phi) is 7.59. The molecule has 5 N–H and O–H groups in total. The number of carbonyl (C=O) groups is 3. The Balaban J connectivity index is 2.03.